The fourth-order valence-electron chi connectivity index (χ4n) is 4.99. The van der Waals surface area contributed by atoms with Crippen LogP contribution in [0.2, 0.25) is 0 Å². The normalized spacial score (nSPS) is 21.8. The number of nitrogens with zero attached hydrogens (tertiary/aromatic N) is 6. The van der Waals surface area contributed by atoms with E-state index in [1.807, 2.05) is 23.1 Å². The molecule has 0 unspecified atom stereocenters. The highest BCUT2D eigenvalue weighted by Crippen LogP contribution is 2.44. The second-order valence-electron chi connectivity index (χ2n) is 8.29. The van der Waals surface area contributed by atoms with Gasteiger partial charge in [0.15, 0.2) is 11.3 Å². The van der Waals surface area contributed by atoms with Crippen molar-refractivity contribution in [1.29, 1.82) is 0 Å². The van der Waals surface area contributed by atoms with E-state index in [0.29, 0.717) is 31.0 Å². The maximum atomic E-state index is 13.2. The number of carboxylic acid groups (broad SMARTS) is 1. The molecule has 2 saturated heterocycles. The Hall–Kier alpha value is -3.99. The van der Waals surface area contributed by atoms with Crippen molar-refractivity contribution in [1.82, 2.24) is 24.5 Å². The van der Waals surface area contributed by atoms with Gasteiger partial charge >= 0.3 is 0 Å². The zero-order chi connectivity index (χ0) is 23.0. The fourth-order valence-corrected chi connectivity index (χ4v) is 4.99. The minimum absolute atomic E-state index is 0.0186. The van der Waals surface area contributed by atoms with Crippen LogP contribution in [-0.2, 0) is 4.79 Å². The molecular formula is C22H22N6O5. The summed E-state index contributed by atoms with van der Waals surface area (Å²) in [5.41, 5.74) is 1.51. The van der Waals surface area contributed by atoms with Crippen LogP contribution in [0.25, 0.3) is 16.6 Å². The van der Waals surface area contributed by atoms with Crippen molar-refractivity contribution in [2.45, 2.75) is 0 Å². The summed E-state index contributed by atoms with van der Waals surface area (Å²) in [6.45, 7) is 2.21. The lowest BCUT2D eigenvalue weighted by atomic mass is 9.82. The topological polar surface area (TPSA) is 137 Å². The molecule has 6 rings (SSSR count). The molecule has 0 aromatic carbocycles. The van der Waals surface area contributed by atoms with Gasteiger partial charge in [-0.1, -0.05) is 0 Å². The van der Waals surface area contributed by atoms with Crippen LogP contribution in [0.5, 0.6) is 0 Å². The minimum atomic E-state index is -0.378. The Kier molecular flexibility index (Phi) is 5.17. The van der Waals surface area contributed by atoms with Crippen LogP contribution in [0, 0.1) is 11.3 Å². The first-order valence-corrected chi connectivity index (χ1v) is 10.4. The van der Waals surface area contributed by atoms with Crippen LogP contribution in [0.3, 0.4) is 0 Å². The van der Waals surface area contributed by atoms with E-state index >= 15 is 0 Å². The van der Waals surface area contributed by atoms with Gasteiger partial charge < -0.3 is 24.4 Å². The quantitative estimate of drug-likeness (QED) is 0.440. The van der Waals surface area contributed by atoms with E-state index in [1.54, 1.807) is 35.4 Å². The summed E-state index contributed by atoms with van der Waals surface area (Å²) in [6.07, 6.45) is 6.62. The second kappa shape index (κ2) is 8.17. The number of aromatic nitrogens is 4. The number of fused-ring (bicyclic) bond motifs is 3. The second-order valence-corrected chi connectivity index (χ2v) is 8.29. The Labute approximate surface area is 187 Å². The van der Waals surface area contributed by atoms with Gasteiger partial charge in [0.1, 0.15) is 11.4 Å². The predicted molar refractivity (Wildman–Crippen MR) is 117 cm³/mol. The Morgan fingerprint density at radius 2 is 2.06 bits per heavy atom. The van der Waals surface area contributed by atoms with E-state index < -0.39 is 0 Å². The Morgan fingerprint density at radius 3 is 2.85 bits per heavy atom. The van der Waals surface area contributed by atoms with E-state index in [0.717, 1.165) is 23.3 Å². The van der Waals surface area contributed by atoms with Crippen molar-refractivity contribution < 1.29 is 24.2 Å². The number of rotatable bonds is 3. The van der Waals surface area contributed by atoms with E-state index in [-0.39, 0.29) is 30.3 Å². The Bertz CT molecular complexity index is 1320. The molecule has 11 nitrogen and oxygen atoms in total. The number of hydrogen-bond acceptors (Lipinski definition) is 8. The van der Waals surface area contributed by atoms with Crippen molar-refractivity contribution in [3.05, 3.63) is 54.8 Å². The van der Waals surface area contributed by atoms with E-state index in [2.05, 4.69) is 20.0 Å². The summed E-state index contributed by atoms with van der Waals surface area (Å²) in [4.78, 5) is 34.4. The molecular weight excluding hydrogens is 428 g/mol. The zero-order valence-corrected chi connectivity index (χ0v) is 17.6. The minimum Gasteiger partial charge on any atom is -0.483 e. The molecule has 11 heteroatoms. The summed E-state index contributed by atoms with van der Waals surface area (Å²) < 4.78 is 7.07. The van der Waals surface area contributed by atoms with Crippen LogP contribution >= 0.6 is 0 Å². The third-order valence-electron chi connectivity index (χ3n) is 6.52. The molecule has 0 bridgehead atoms. The van der Waals surface area contributed by atoms with Gasteiger partial charge in [0.05, 0.1) is 24.5 Å². The molecule has 170 valence electrons. The van der Waals surface area contributed by atoms with Gasteiger partial charge in [-0.05, 0) is 24.3 Å². The number of carbonyl (C=O) groups excluding carboxylic acids is 1. The van der Waals surface area contributed by atoms with E-state index in [4.69, 9.17) is 14.3 Å². The number of aliphatic hydroxyl groups excluding tert-OH is 1. The number of pyridine rings is 1. The molecule has 2 N–H and O–H groups in total. The number of hydrogen-bond donors (Lipinski definition) is 2. The van der Waals surface area contributed by atoms with Crippen LogP contribution in [-0.4, -0.2) is 79.9 Å². The van der Waals surface area contributed by atoms with Gasteiger partial charge in [-0.3, -0.25) is 9.59 Å². The zero-order valence-electron chi connectivity index (χ0n) is 17.6. The number of likely N-dealkylation sites (tertiary alicyclic amines) is 1. The van der Waals surface area contributed by atoms with Crippen LogP contribution in [0.15, 0.2) is 53.5 Å². The first-order valence-electron chi connectivity index (χ1n) is 10.4. The van der Waals surface area contributed by atoms with Crippen molar-refractivity contribution >= 4 is 34.8 Å². The van der Waals surface area contributed by atoms with Gasteiger partial charge in [0, 0.05) is 49.9 Å². The van der Waals surface area contributed by atoms with Gasteiger partial charge in [-0.25, -0.2) is 14.5 Å². The molecule has 2 fully saturated rings. The lowest BCUT2D eigenvalue weighted by molar-refractivity contribution is -0.122. The lowest BCUT2D eigenvalue weighted by Crippen LogP contribution is -2.39. The molecule has 2 aliphatic heterocycles. The summed E-state index contributed by atoms with van der Waals surface area (Å²) >= 11 is 0. The van der Waals surface area contributed by atoms with Gasteiger partial charge in [0.25, 0.3) is 12.4 Å². The highest BCUT2D eigenvalue weighted by atomic mass is 16.3. The molecule has 4 aromatic heterocycles. The number of imidazole rings is 1. The number of aliphatic hydroxyl groups is 1. The molecule has 2 aliphatic rings. The van der Waals surface area contributed by atoms with Crippen LogP contribution < -0.4 is 4.90 Å². The van der Waals surface area contributed by atoms with Gasteiger partial charge in [0.2, 0.25) is 0 Å². The summed E-state index contributed by atoms with van der Waals surface area (Å²) in [5.74, 6) is 0.917. The fraction of sp³-hybridized carbons (Fsp3) is 0.318. The molecule has 0 saturated carbocycles. The molecule has 2 atom stereocenters. The van der Waals surface area contributed by atoms with Crippen molar-refractivity contribution in [3.63, 3.8) is 0 Å². The molecule has 0 radical (unpaired) electrons. The van der Waals surface area contributed by atoms with Crippen molar-refractivity contribution in [3.8, 4) is 0 Å². The highest BCUT2D eigenvalue weighted by molar-refractivity contribution is 5.93. The summed E-state index contributed by atoms with van der Waals surface area (Å²) in [7, 11) is 0. The number of carbonyl (C=O) groups is 2. The molecule has 4 aromatic rings. The van der Waals surface area contributed by atoms with Crippen LogP contribution in [0.1, 0.15) is 10.5 Å². The first kappa shape index (κ1) is 20.9. The van der Waals surface area contributed by atoms with Crippen molar-refractivity contribution in [2.24, 2.45) is 11.3 Å². The number of anilines is 1. The third-order valence-corrected chi connectivity index (χ3v) is 6.52. The molecule has 6 heterocycles. The molecule has 1 amide bonds. The SMILES string of the molecule is O=C(c1cnc2cccnn12)N1C[C@@H]2CN(c3nccc4occc34)C[C@]2(CO)C1.O=CO. The predicted octanol–water partition coefficient (Wildman–Crippen LogP) is 1.14. The standard InChI is InChI=1S/C21H20N6O3.CH2O2/c28-13-21-11-25(19-15-4-7-30-17(15)3-6-22-19)9-14(21)10-26(12-21)20(29)16-8-23-18-2-1-5-24-27(16)18;2-1-3/h1-8,14,28H,9-13H2;1H,(H,2,3)/t14-,21+;/m0./s1. The Morgan fingerprint density at radius 1 is 1.21 bits per heavy atom. The first-order chi connectivity index (χ1) is 16.1. The summed E-state index contributed by atoms with van der Waals surface area (Å²) in [5, 5.41) is 22.4. The molecule has 0 aliphatic carbocycles. The Balaban J connectivity index is 0.000000724. The maximum Gasteiger partial charge on any atom is 0.290 e. The largest absolute Gasteiger partial charge is 0.483 e. The average Bonchev–Trinajstić information content (AvgIpc) is 3.59. The smallest absolute Gasteiger partial charge is 0.290 e. The monoisotopic (exact) mass is 450 g/mol. The van der Waals surface area contributed by atoms with E-state index in [1.165, 1.54) is 0 Å². The molecule has 33 heavy (non-hydrogen) atoms. The third kappa shape index (κ3) is 3.37. The molecule has 0 spiro atoms. The number of amides is 1. The van der Waals surface area contributed by atoms with Crippen LogP contribution in [0.4, 0.5) is 5.82 Å². The van der Waals surface area contributed by atoms with Gasteiger partial charge in [-0.15, -0.1) is 0 Å². The lowest BCUT2D eigenvalue weighted by Gasteiger charge is -2.27. The number of furan rings is 1. The van der Waals surface area contributed by atoms with Gasteiger partial charge in [-0.2, -0.15) is 5.10 Å². The van der Waals surface area contributed by atoms with E-state index in [9.17, 15) is 9.90 Å². The maximum absolute atomic E-state index is 13.2. The highest BCUT2D eigenvalue weighted by Gasteiger charge is 2.54. The average molecular weight is 450 g/mol. The van der Waals surface area contributed by atoms with Crippen molar-refractivity contribution in [2.75, 3.05) is 37.7 Å². The summed E-state index contributed by atoms with van der Waals surface area (Å²) in [6, 6.07) is 7.38.